The van der Waals surface area contributed by atoms with Crippen molar-refractivity contribution in [2.75, 3.05) is 5.73 Å². The van der Waals surface area contributed by atoms with Gasteiger partial charge < -0.3 is 15.5 Å². The van der Waals surface area contributed by atoms with E-state index >= 15 is 0 Å². The van der Waals surface area contributed by atoms with Crippen LogP contribution in [0.15, 0.2) is 45.5 Å². The number of benzene rings is 1. The van der Waals surface area contributed by atoms with Crippen LogP contribution in [0, 0.1) is 0 Å². The highest BCUT2D eigenvalue weighted by Crippen LogP contribution is 2.31. The maximum absolute atomic E-state index is 10.8. The molecule has 118 valence electrons. The number of hydrogen-bond acceptors (Lipinski definition) is 6. The van der Waals surface area contributed by atoms with Gasteiger partial charge in [0.05, 0.1) is 10.6 Å². The number of nitrogens with one attached hydrogen (secondary N) is 1. The highest BCUT2D eigenvalue weighted by Gasteiger charge is 2.10. The Morgan fingerprint density at radius 3 is 2.39 bits per heavy atom. The second-order valence-corrected chi connectivity index (χ2v) is 6.63. The van der Waals surface area contributed by atoms with Gasteiger partial charge >= 0.3 is 0 Å². The Bertz CT molecular complexity index is 849. The number of nitrogen functional groups attached to an aromatic ring is 1. The number of hydrogen-bond donors (Lipinski definition) is 2. The molecule has 7 heteroatoms. The predicted molar refractivity (Wildman–Crippen MR) is 94.8 cm³/mol. The fourth-order valence-electron chi connectivity index (χ4n) is 2.02. The van der Waals surface area contributed by atoms with E-state index in [0.717, 1.165) is 27.3 Å². The lowest BCUT2D eigenvalue weighted by atomic mass is 10.2. The van der Waals surface area contributed by atoms with Crippen molar-refractivity contribution in [1.29, 1.82) is 0 Å². The van der Waals surface area contributed by atoms with Crippen LogP contribution in [0.5, 0.6) is 0 Å². The molecule has 0 aliphatic heterocycles. The maximum Gasteiger partial charge on any atom is 0.217 e. The van der Waals surface area contributed by atoms with Crippen molar-refractivity contribution in [2.24, 2.45) is 0 Å². The standard InChI is InChI=1S/C10H11N3OS2.C6H4O/c1-6(14)12-4-7-2-3-15-9(7)8-5-16-10(11)13-8;1-2-6-4-3-5(1)7-6/h2-3,5H,4H2,1H3,(H2,11,13)(H,12,14);1-4H. The first-order valence-electron chi connectivity index (χ1n) is 6.92. The second-order valence-electron chi connectivity index (χ2n) is 4.83. The summed E-state index contributed by atoms with van der Waals surface area (Å²) in [6.07, 6.45) is 0. The van der Waals surface area contributed by atoms with Gasteiger partial charge in [-0.1, -0.05) is 0 Å². The van der Waals surface area contributed by atoms with Crippen molar-refractivity contribution in [1.82, 2.24) is 10.3 Å². The van der Waals surface area contributed by atoms with Crippen LogP contribution in [-0.2, 0) is 11.3 Å². The van der Waals surface area contributed by atoms with E-state index in [9.17, 15) is 4.79 Å². The summed E-state index contributed by atoms with van der Waals surface area (Å²) in [4.78, 5) is 16.2. The number of thiophene rings is 1. The first-order chi connectivity index (χ1) is 11.1. The molecule has 4 aromatic rings. The number of rotatable bonds is 3. The molecule has 5 nitrogen and oxygen atoms in total. The minimum atomic E-state index is -0.0325. The predicted octanol–water partition coefficient (Wildman–Crippen LogP) is 3.96. The van der Waals surface area contributed by atoms with Gasteiger partial charge in [-0.05, 0) is 41.3 Å². The summed E-state index contributed by atoms with van der Waals surface area (Å²) in [5, 5.41) is 7.26. The second kappa shape index (κ2) is 6.80. The van der Waals surface area contributed by atoms with Crippen LogP contribution >= 0.6 is 22.7 Å². The number of carbonyl (C=O) groups excluding carboxylic acids is 1. The van der Waals surface area contributed by atoms with Crippen molar-refractivity contribution >= 4 is 44.9 Å². The zero-order valence-electron chi connectivity index (χ0n) is 12.4. The quantitative estimate of drug-likeness (QED) is 0.589. The highest BCUT2D eigenvalue weighted by molar-refractivity contribution is 7.15. The molecule has 0 fully saturated rings. The summed E-state index contributed by atoms with van der Waals surface area (Å²) in [5.41, 5.74) is 9.50. The first-order valence-corrected chi connectivity index (χ1v) is 8.68. The summed E-state index contributed by atoms with van der Waals surface area (Å²) in [7, 11) is 0. The molecule has 4 aromatic heterocycles. The van der Waals surface area contributed by atoms with Crippen molar-refractivity contribution < 1.29 is 9.21 Å². The van der Waals surface area contributed by atoms with Crippen molar-refractivity contribution in [2.45, 2.75) is 13.5 Å². The van der Waals surface area contributed by atoms with E-state index in [0.29, 0.717) is 11.7 Å². The molecule has 0 aliphatic carbocycles. The molecule has 0 unspecified atom stereocenters. The third-order valence-corrected chi connectivity index (χ3v) is 4.74. The molecular weight excluding hydrogens is 330 g/mol. The minimum Gasteiger partial charge on any atom is -0.457 e. The number of carbonyl (C=O) groups is 1. The largest absolute Gasteiger partial charge is 0.457 e. The minimum absolute atomic E-state index is 0.0325. The van der Waals surface area contributed by atoms with E-state index in [1.807, 2.05) is 41.1 Å². The molecule has 0 radical (unpaired) electrons. The van der Waals surface area contributed by atoms with E-state index in [1.54, 1.807) is 11.3 Å². The average molecular weight is 345 g/mol. The number of aromatic nitrogens is 1. The number of nitrogens with zero attached hydrogens (tertiary/aromatic N) is 1. The molecule has 0 aromatic carbocycles. The van der Waals surface area contributed by atoms with E-state index in [4.69, 9.17) is 10.2 Å². The first kappa shape index (κ1) is 15.5. The third-order valence-electron chi connectivity index (χ3n) is 3.09. The van der Waals surface area contributed by atoms with Crippen LogP contribution < -0.4 is 11.1 Å². The number of nitrogens with two attached hydrogens (primary N) is 1. The zero-order chi connectivity index (χ0) is 16.2. The van der Waals surface area contributed by atoms with Gasteiger partial charge in [0.1, 0.15) is 11.2 Å². The fourth-order valence-corrected chi connectivity index (χ4v) is 3.54. The summed E-state index contributed by atoms with van der Waals surface area (Å²) in [6.45, 7) is 2.04. The lowest BCUT2D eigenvalue weighted by molar-refractivity contribution is -0.119. The van der Waals surface area contributed by atoms with Gasteiger partial charge in [-0.3, -0.25) is 4.79 Å². The van der Waals surface area contributed by atoms with Crippen LogP contribution in [0.2, 0.25) is 0 Å². The Balaban J connectivity index is 0.000000183. The molecule has 3 N–H and O–H groups in total. The monoisotopic (exact) mass is 345 g/mol. The number of fused-ring (bicyclic) bond motifs is 2. The molecule has 4 heterocycles. The Kier molecular flexibility index (Phi) is 4.59. The molecule has 0 saturated heterocycles. The Hall–Kier alpha value is -2.38. The van der Waals surface area contributed by atoms with Crippen molar-refractivity contribution in [3.63, 3.8) is 0 Å². The highest BCUT2D eigenvalue weighted by atomic mass is 32.1. The van der Waals surface area contributed by atoms with Gasteiger partial charge in [0, 0.05) is 18.8 Å². The molecule has 0 spiro atoms. The van der Waals surface area contributed by atoms with Crippen molar-refractivity contribution in [3.8, 4) is 10.6 Å². The van der Waals surface area contributed by atoms with Gasteiger partial charge in [-0.2, -0.15) is 0 Å². The van der Waals surface area contributed by atoms with Gasteiger partial charge in [-0.25, -0.2) is 4.98 Å². The van der Waals surface area contributed by atoms with E-state index in [1.165, 1.54) is 18.3 Å². The number of thiazole rings is 1. The van der Waals surface area contributed by atoms with Crippen LogP contribution in [-0.4, -0.2) is 10.9 Å². The maximum atomic E-state index is 10.8. The van der Waals surface area contributed by atoms with Gasteiger partial charge in [0.25, 0.3) is 0 Å². The smallest absolute Gasteiger partial charge is 0.217 e. The van der Waals surface area contributed by atoms with Crippen LogP contribution in [0.3, 0.4) is 0 Å². The molecular formula is C16H15N3O2S2. The fraction of sp³-hybridized carbons (Fsp3) is 0.125. The van der Waals surface area contributed by atoms with Crippen LogP contribution in [0.1, 0.15) is 12.5 Å². The van der Waals surface area contributed by atoms with E-state index in [2.05, 4.69) is 10.3 Å². The molecule has 1 amide bonds. The van der Waals surface area contributed by atoms with Crippen LogP contribution in [0.4, 0.5) is 5.13 Å². The summed E-state index contributed by atoms with van der Waals surface area (Å²) in [5.74, 6) is -0.0325. The van der Waals surface area contributed by atoms with Crippen LogP contribution in [0.25, 0.3) is 21.7 Å². The Morgan fingerprint density at radius 2 is 1.91 bits per heavy atom. The molecule has 4 rings (SSSR count). The Morgan fingerprint density at radius 1 is 1.22 bits per heavy atom. The Labute approximate surface area is 141 Å². The zero-order valence-corrected chi connectivity index (χ0v) is 14.0. The summed E-state index contributed by atoms with van der Waals surface area (Å²) >= 11 is 3.03. The number of furan rings is 2. The summed E-state index contributed by atoms with van der Waals surface area (Å²) < 4.78 is 5.08. The summed E-state index contributed by atoms with van der Waals surface area (Å²) in [6, 6.07) is 9.81. The van der Waals surface area contributed by atoms with E-state index < -0.39 is 0 Å². The number of amides is 1. The number of anilines is 1. The molecule has 0 aliphatic rings. The molecule has 23 heavy (non-hydrogen) atoms. The molecule has 0 atom stereocenters. The third kappa shape index (κ3) is 3.88. The average Bonchev–Trinajstić information content (AvgIpc) is 3.30. The van der Waals surface area contributed by atoms with Crippen molar-refractivity contribution in [3.05, 3.63) is 46.7 Å². The lowest BCUT2D eigenvalue weighted by Crippen LogP contribution is -2.18. The normalized spacial score (nSPS) is 10.5. The van der Waals surface area contributed by atoms with Gasteiger partial charge in [-0.15, -0.1) is 22.7 Å². The van der Waals surface area contributed by atoms with Gasteiger partial charge in [0.2, 0.25) is 5.91 Å². The van der Waals surface area contributed by atoms with E-state index in [-0.39, 0.29) is 5.91 Å². The topological polar surface area (TPSA) is 81.2 Å². The molecule has 0 saturated carbocycles. The van der Waals surface area contributed by atoms with Gasteiger partial charge in [0.15, 0.2) is 5.13 Å². The molecule has 2 bridgehead atoms. The SMILES string of the molecule is CC(=O)NCc1ccsc1-c1csc(N)n1.c1cc2ccc1o2. The lowest BCUT2D eigenvalue weighted by Gasteiger charge is -2.02.